The fraction of sp³-hybridized carbons (Fsp3) is 0.353. The minimum absolute atomic E-state index is 0.173. The number of esters is 1. The first-order valence-corrected chi connectivity index (χ1v) is 9.19. The summed E-state index contributed by atoms with van der Waals surface area (Å²) in [5, 5.41) is 5.93. The van der Waals surface area contributed by atoms with E-state index >= 15 is 0 Å². The van der Waals surface area contributed by atoms with Gasteiger partial charge in [-0.1, -0.05) is 30.2 Å². The third-order valence-corrected chi connectivity index (χ3v) is 4.57. The van der Waals surface area contributed by atoms with E-state index < -0.39 is 6.03 Å². The standard InChI is InChI=1S/C17H20ClN3O3S/c18-13-7-5-12(6-8-13)16-21-14(11-25-16)10-24-15(22)4-2-1-3-9-20-17(19)23/h5-8,11H,1-4,9-10H2,(H3,19,20,23). The van der Waals surface area contributed by atoms with Gasteiger partial charge in [-0.3, -0.25) is 4.79 Å². The third-order valence-electron chi connectivity index (χ3n) is 3.38. The second-order valence-corrected chi connectivity index (χ2v) is 6.71. The zero-order valence-electron chi connectivity index (χ0n) is 13.7. The molecule has 2 rings (SSSR count). The van der Waals surface area contributed by atoms with E-state index in [-0.39, 0.29) is 12.6 Å². The first kappa shape index (κ1) is 19.2. The number of amides is 2. The van der Waals surface area contributed by atoms with Gasteiger partial charge in [0.2, 0.25) is 0 Å². The number of nitrogens with two attached hydrogens (primary N) is 1. The van der Waals surface area contributed by atoms with Crippen molar-refractivity contribution in [2.24, 2.45) is 5.73 Å². The van der Waals surface area contributed by atoms with Crippen LogP contribution in [0.5, 0.6) is 0 Å². The van der Waals surface area contributed by atoms with Gasteiger partial charge in [0.25, 0.3) is 0 Å². The number of aromatic nitrogens is 1. The van der Waals surface area contributed by atoms with Crippen molar-refractivity contribution in [1.82, 2.24) is 10.3 Å². The lowest BCUT2D eigenvalue weighted by atomic mass is 10.2. The Morgan fingerprint density at radius 2 is 1.96 bits per heavy atom. The molecule has 1 aromatic carbocycles. The number of primary amides is 1. The Balaban J connectivity index is 1.66. The molecule has 0 saturated heterocycles. The largest absolute Gasteiger partial charge is 0.459 e. The summed E-state index contributed by atoms with van der Waals surface area (Å²) in [6.45, 7) is 0.697. The van der Waals surface area contributed by atoms with Gasteiger partial charge in [-0.25, -0.2) is 9.78 Å². The molecule has 0 fully saturated rings. The summed E-state index contributed by atoms with van der Waals surface area (Å²) >= 11 is 7.37. The van der Waals surface area contributed by atoms with Crippen LogP contribution in [0.3, 0.4) is 0 Å². The molecule has 0 atom stereocenters. The number of thiazole rings is 1. The van der Waals surface area contributed by atoms with E-state index in [0.717, 1.165) is 29.1 Å². The maximum absolute atomic E-state index is 11.7. The minimum Gasteiger partial charge on any atom is -0.459 e. The summed E-state index contributed by atoms with van der Waals surface area (Å²) in [6, 6.07) is 6.92. The average Bonchev–Trinajstić information content (AvgIpc) is 3.05. The van der Waals surface area contributed by atoms with Crippen molar-refractivity contribution in [2.75, 3.05) is 6.54 Å². The zero-order chi connectivity index (χ0) is 18.1. The first-order chi connectivity index (χ1) is 12.0. The highest BCUT2D eigenvalue weighted by molar-refractivity contribution is 7.13. The molecule has 0 aliphatic rings. The van der Waals surface area contributed by atoms with Gasteiger partial charge in [0.05, 0.1) is 5.69 Å². The number of ether oxygens (including phenoxy) is 1. The molecule has 2 amide bonds. The number of hydrogen-bond acceptors (Lipinski definition) is 5. The molecule has 1 aromatic heterocycles. The van der Waals surface area contributed by atoms with Crippen molar-refractivity contribution in [3.63, 3.8) is 0 Å². The van der Waals surface area contributed by atoms with Crippen LogP contribution in [0.4, 0.5) is 4.79 Å². The Kier molecular flexibility index (Phi) is 7.69. The molecule has 25 heavy (non-hydrogen) atoms. The second kappa shape index (κ2) is 10.0. The summed E-state index contributed by atoms with van der Waals surface area (Å²) in [5.74, 6) is -0.246. The smallest absolute Gasteiger partial charge is 0.312 e. The van der Waals surface area contributed by atoms with Gasteiger partial charge >= 0.3 is 12.0 Å². The van der Waals surface area contributed by atoms with Crippen LogP contribution < -0.4 is 11.1 Å². The zero-order valence-corrected chi connectivity index (χ0v) is 15.2. The lowest BCUT2D eigenvalue weighted by Gasteiger charge is -2.04. The van der Waals surface area contributed by atoms with Crippen LogP contribution in [0.1, 0.15) is 31.4 Å². The lowest BCUT2D eigenvalue weighted by Crippen LogP contribution is -2.29. The highest BCUT2D eigenvalue weighted by Gasteiger charge is 2.08. The van der Waals surface area contributed by atoms with Gasteiger partial charge in [-0.05, 0) is 25.0 Å². The fourth-order valence-corrected chi connectivity index (χ4v) is 3.04. The van der Waals surface area contributed by atoms with Crippen molar-refractivity contribution in [3.8, 4) is 10.6 Å². The Morgan fingerprint density at radius 3 is 2.68 bits per heavy atom. The molecule has 134 valence electrons. The molecule has 8 heteroatoms. The number of benzene rings is 1. The molecule has 6 nitrogen and oxygen atoms in total. The molecule has 0 radical (unpaired) electrons. The lowest BCUT2D eigenvalue weighted by molar-refractivity contribution is -0.145. The predicted molar refractivity (Wildman–Crippen MR) is 98.4 cm³/mol. The van der Waals surface area contributed by atoms with Crippen LogP contribution in [-0.4, -0.2) is 23.5 Å². The number of unbranched alkanes of at least 4 members (excludes halogenated alkanes) is 2. The molecule has 0 spiro atoms. The number of halogens is 1. The predicted octanol–water partition coefficient (Wildman–Crippen LogP) is 3.74. The molecular formula is C17H20ClN3O3S. The van der Waals surface area contributed by atoms with Crippen molar-refractivity contribution in [2.45, 2.75) is 32.3 Å². The monoisotopic (exact) mass is 381 g/mol. The molecule has 0 unspecified atom stereocenters. The number of urea groups is 1. The van der Waals surface area contributed by atoms with Gasteiger partial charge in [0.1, 0.15) is 11.6 Å². The summed E-state index contributed by atoms with van der Waals surface area (Å²) in [4.78, 5) is 26.7. The SMILES string of the molecule is NC(=O)NCCCCCC(=O)OCc1csc(-c2ccc(Cl)cc2)n1. The molecular weight excluding hydrogens is 362 g/mol. The summed E-state index contributed by atoms with van der Waals surface area (Å²) in [5.41, 5.74) is 6.67. The van der Waals surface area contributed by atoms with Crippen LogP contribution in [0.15, 0.2) is 29.6 Å². The maximum Gasteiger partial charge on any atom is 0.312 e. The topological polar surface area (TPSA) is 94.3 Å². The molecule has 0 bridgehead atoms. The number of rotatable bonds is 9. The van der Waals surface area contributed by atoms with Crippen molar-refractivity contribution < 1.29 is 14.3 Å². The number of hydrogen-bond donors (Lipinski definition) is 2. The van der Waals surface area contributed by atoms with Crippen molar-refractivity contribution >= 4 is 34.9 Å². The summed E-state index contributed by atoms with van der Waals surface area (Å²) in [7, 11) is 0. The maximum atomic E-state index is 11.7. The van der Waals surface area contributed by atoms with E-state index in [2.05, 4.69) is 10.3 Å². The molecule has 0 aliphatic carbocycles. The highest BCUT2D eigenvalue weighted by Crippen LogP contribution is 2.25. The average molecular weight is 382 g/mol. The van der Waals surface area contributed by atoms with Gasteiger partial charge in [0, 0.05) is 28.9 Å². The van der Waals surface area contributed by atoms with E-state index in [0.29, 0.717) is 24.4 Å². The summed E-state index contributed by atoms with van der Waals surface area (Å²) in [6.07, 6.45) is 2.68. The Labute approximate surface area is 155 Å². The Bertz CT molecular complexity index is 703. The number of nitrogens with one attached hydrogen (secondary N) is 1. The second-order valence-electron chi connectivity index (χ2n) is 5.41. The van der Waals surface area contributed by atoms with E-state index in [1.165, 1.54) is 11.3 Å². The van der Waals surface area contributed by atoms with Crippen molar-refractivity contribution in [1.29, 1.82) is 0 Å². The highest BCUT2D eigenvalue weighted by atomic mass is 35.5. The minimum atomic E-state index is -0.527. The van der Waals surface area contributed by atoms with E-state index in [1.54, 1.807) is 0 Å². The van der Waals surface area contributed by atoms with Crippen LogP contribution in [0, 0.1) is 0 Å². The molecule has 2 aromatic rings. The van der Waals surface area contributed by atoms with Gasteiger partial charge < -0.3 is 15.8 Å². The molecule has 3 N–H and O–H groups in total. The molecule has 0 aliphatic heterocycles. The quantitative estimate of drug-likeness (QED) is 0.511. The van der Waals surface area contributed by atoms with Gasteiger partial charge in [-0.15, -0.1) is 11.3 Å². The number of carbonyl (C=O) groups excluding carboxylic acids is 2. The Hall–Kier alpha value is -2.12. The fourth-order valence-electron chi connectivity index (χ4n) is 2.11. The number of carbonyl (C=O) groups is 2. The van der Waals surface area contributed by atoms with E-state index in [4.69, 9.17) is 22.1 Å². The summed E-state index contributed by atoms with van der Waals surface area (Å²) < 4.78 is 5.24. The van der Waals surface area contributed by atoms with E-state index in [1.807, 2.05) is 29.6 Å². The van der Waals surface area contributed by atoms with Crippen LogP contribution in [0.25, 0.3) is 10.6 Å². The van der Waals surface area contributed by atoms with Crippen LogP contribution >= 0.6 is 22.9 Å². The molecule has 0 saturated carbocycles. The van der Waals surface area contributed by atoms with Gasteiger partial charge in [0.15, 0.2) is 0 Å². The first-order valence-electron chi connectivity index (χ1n) is 7.94. The van der Waals surface area contributed by atoms with Gasteiger partial charge in [-0.2, -0.15) is 0 Å². The number of nitrogens with zero attached hydrogens (tertiary/aromatic N) is 1. The third kappa shape index (κ3) is 7.11. The van der Waals surface area contributed by atoms with Crippen LogP contribution in [0.2, 0.25) is 5.02 Å². The molecule has 1 heterocycles. The van der Waals surface area contributed by atoms with E-state index in [9.17, 15) is 9.59 Å². The van der Waals surface area contributed by atoms with Crippen LogP contribution in [-0.2, 0) is 16.1 Å². The van der Waals surface area contributed by atoms with Crippen molar-refractivity contribution in [3.05, 3.63) is 40.4 Å². The Morgan fingerprint density at radius 1 is 1.20 bits per heavy atom. The normalized spacial score (nSPS) is 10.4.